The Labute approximate surface area is 132 Å². The van der Waals surface area contributed by atoms with E-state index in [4.69, 9.17) is 4.42 Å². The molecule has 122 valence electrons. The summed E-state index contributed by atoms with van der Waals surface area (Å²) in [6.07, 6.45) is 4.06. The van der Waals surface area contributed by atoms with E-state index in [1.54, 1.807) is 12.3 Å². The van der Waals surface area contributed by atoms with Crippen LogP contribution >= 0.6 is 0 Å². The van der Waals surface area contributed by atoms with Crippen molar-refractivity contribution in [3.05, 3.63) is 53.2 Å². The molecule has 1 saturated heterocycles. The highest BCUT2D eigenvalue weighted by Crippen LogP contribution is 2.40. The van der Waals surface area contributed by atoms with Crippen LogP contribution < -0.4 is 0 Å². The minimum absolute atomic E-state index is 0.170. The Kier molecular flexibility index (Phi) is 3.66. The molecule has 2 heterocycles. The van der Waals surface area contributed by atoms with Gasteiger partial charge in [-0.3, -0.25) is 4.90 Å². The molecule has 1 aromatic heterocycles. The third kappa shape index (κ3) is 3.01. The number of oxazole rings is 1. The molecule has 0 bridgehead atoms. The molecule has 1 aliphatic carbocycles. The molecular weight excluding hydrogens is 302 g/mol. The summed E-state index contributed by atoms with van der Waals surface area (Å²) >= 11 is 0. The van der Waals surface area contributed by atoms with Gasteiger partial charge in [0.1, 0.15) is 5.76 Å². The number of rotatable bonds is 4. The number of nitrogens with zero attached hydrogens (tertiary/aromatic N) is 2. The first kappa shape index (κ1) is 14.8. The fourth-order valence-corrected chi connectivity index (χ4v) is 3.25. The van der Waals surface area contributed by atoms with E-state index in [-0.39, 0.29) is 6.04 Å². The van der Waals surface area contributed by atoms with Crippen molar-refractivity contribution in [2.24, 2.45) is 0 Å². The van der Waals surface area contributed by atoms with Gasteiger partial charge in [0.05, 0.1) is 18.8 Å². The number of hydrogen-bond acceptors (Lipinski definition) is 4. The van der Waals surface area contributed by atoms with E-state index in [0.717, 1.165) is 24.7 Å². The molecule has 1 saturated carbocycles. The van der Waals surface area contributed by atoms with E-state index in [1.165, 1.54) is 6.07 Å². The molecule has 2 atom stereocenters. The summed E-state index contributed by atoms with van der Waals surface area (Å²) in [6, 6.07) is 3.73. The monoisotopic (exact) mass is 320 g/mol. The minimum Gasteiger partial charge on any atom is -0.444 e. The number of likely N-dealkylation sites (tertiary alicyclic amines) is 1. The molecule has 2 fully saturated rings. The molecule has 0 amide bonds. The Balaban J connectivity index is 1.53. The van der Waals surface area contributed by atoms with Gasteiger partial charge in [0.25, 0.3) is 0 Å². The van der Waals surface area contributed by atoms with Gasteiger partial charge in [-0.15, -0.1) is 0 Å². The molecule has 2 aliphatic rings. The Morgan fingerprint density at radius 2 is 2.09 bits per heavy atom. The van der Waals surface area contributed by atoms with Gasteiger partial charge in [0.2, 0.25) is 5.89 Å². The van der Waals surface area contributed by atoms with Crippen LogP contribution in [0.3, 0.4) is 0 Å². The average molecular weight is 320 g/mol. The van der Waals surface area contributed by atoms with Gasteiger partial charge >= 0.3 is 0 Å². The van der Waals surface area contributed by atoms with Crippen LogP contribution in [0.2, 0.25) is 0 Å². The molecule has 0 unspecified atom stereocenters. The molecule has 4 nitrogen and oxygen atoms in total. The molecule has 23 heavy (non-hydrogen) atoms. The van der Waals surface area contributed by atoms with Gasteiger partial charge < -0.3 is 9.52 Å². The number of benzene rings is 1. The third-order valence-electron chi connectivity index (χ3n) is 4.60. The summed E-state index contributed by atoms with van der Waals surface area (Å²) in [5, 5.41) is 9.98. The second kappa shape index (κ2) is 5.69. The van der Waals surface area contributed by atoms with Gasteiger partial charge in [-0.05, 0) is 37.0 Å². The third-order valence-corrected chi connectivity index (χ3v) is 4.60. The number of aliphatic hydroxyl groups excluding tert-OH is 1. The van der Waals surface area contributed by atoms with Crippen molar-refractivity contribution >= 4 is 0 Å². The zero-order valence-electron chi connectivity index (χ0n) is 12.6. The lowest BCUT2D eigenvalue weighted by atomic mass is 10.0. The maximum Gasteiger partial charge on any atom is 0.208 e. The van der Waals surface area contributed by atoms with E-state index in [2.05, 4.69) is 4.98 Å². The van der Waals surface area contributed by atoms with Crippen LogP contribution in [0, 0.1) is 11.6 Å². The fourth-order valence-electron chi connectivity index (χ4n) is 3.25. The van der Waals surface area contributed by atoms with Crippen molar-refractivity contribution in [1.82, 2.24) is 9.88 Å². The standard InChI is InChI=1S/C17H18F2N2O2/c18-13-4-3-11(5-14(13)19)15-6-12(22)8-21(15)9-17-20-7-16(23-17)10-1-2-10/h3-5,7,10,12,15,22H,1-2,6,8-9H2/t12-,15+/m1/s1. The Morgan fingerprint density at radius 1 is 1.26 bits per heavy atom. The van der Waals surface area contributed by atoms with Gasteiger partial charge in [-0.2, -0.15) is 0 Å². The average Bonchev–Trinajstić information content (AvgIpc) is 3.16. The fraction of sp³-hybridized carbons (Fsp3) is 0.471. The van der Waals surface area contributed by atoms with Crippen molar-refractivity contribution in [3.63, 3.8) is 0 Å². The molecule has 2 aromatic rings. The van der Waals surface area contributed by atoms with E-state index in [0.29, 0.717) is 36.9 Å². The highest BCUT2D eigenvalue weighted by molar-refractivity contribution is 5.23. The number of aromatic nitrogens is 1. The lowest BCUT2D eigenvalue weighted by molar-refractivity contribution is 0.166. The van der Waals surface area contributed by atoms with Gasteiger partial charge in [-0.25, -0.2) is 13.8 Å². The van der Waals surface area contributed by atoms with Crippen LogP contribution in [0.1, 0.15) is 48.4 Å². The first-order chi connectivity index (χ1) is 11.1. The predicted molar refractivity (Wildman–Crippen MR) is 78.6 cm³/mol. The Bertz CT molecular complexity index is 714. The first-order valence-corrected chi connectivity index (χ1v) is 7.92. The lowest BCUT2D eigenvalue weighted by Crippen LogP contribution is -2.24. The van der Waals surface area contributed by atoms with Gasteiger partial charge in [0.15, 0.2) is 11.6 Å². The molecule has 1 N–H and O–H groups in total. The second-order valence-electron chi connectivity index (χ2n) is 6.44. The minimum atomic E-state index is -0.865. The number of aliphatic hydroxyl groups is 1. The van der Waals surface area contributed by atoms with Crippen molar-refractivity contribution in [3.8, 4) is 0 Å². The van der Waals surface area contributed by atoms with Crippen LogP contribution in [0.25, 0.3) is 0 Å². The zero-order chi connectivity index (χ0) is 16.0. The van der Waals surface area contributed by atoms with Crippen LogP contribution in [0.4, 0.5) is 8.78 Å². The first-order valence-electron chi connectivity index (χ1n) is 7.92. The molecule has 0 spiro atoms. The SMILES string of the molecule is O[C@@H]1C[C@@H](c2ccc(F)c(F)c2)N(Cc2ncc(C3CC3)o2)C1. The molecule has 6 heteroatoms. The molecule has 4 rings (SSSR count). The van der Waals surface area contributed by atoms with Crippen molar-refractivity contribution < 1.29 is 18.3 Å². The largest absolute Gasteiger partial charge is 0.444 e. The molecule has 1 aromatic carbocycles. The van der Waals surface area contributed by atoms with Crippen molar-refractivity contribution in [1.29, 1.82) is 0 Å². The highest BCUT2D eigenvalue weighted by atomic mass is 19.2. The summed E-state index contributed by atoms with van der Waals surface area (Å²) in [6.45, 7) is 0.915. The molecule has 1 aliphatic heterocycles. The Morgan fingerprint density at radius 3 is 2.83 bits per heavy atom. The summed E-state index contributed by atoms with van der Waals surface area (Å²) in [7, 11) is 0. The number of β-amino-alcohol motifs (C(OH)–C–C–N with tert-alkyl or cyclic N) is 1. The van der Waals surface area contributed by atoms with Gasteiger partial charge in [-0.1, -0.05) is 6.07 Å². The van der Waals surface area contributed by atoms with E-state index in [1.807, 2.05) is 4.90 Å². The normalized spacial score (nSPS) is 25.2. The summed E-state index contributed by atoms with van der Waals surface area (Å²) in [5.41, 5.74) is 0.662. The quantitative estimate of drug-likeness (QED) is 0.940. The van der Waals surface area contributed by atoms with Crippen molar-refractivity contribution in [2.45, 2.75) is 43.9 Å². The topological polar surface area (TPSA) is 49.5 Å². The smallest absolute Gasteiger partial charge is 0.208 e. The van der Waals surface area contributed by atoms with Crippen LogP contribution in [-0.2, 0) is 6.54 Å². The lowest BCUT2D eigenvalue weighted by Gasteiger charge is -2.23. The molecular formula is C17H18F2N2O2. The predicted octanol–water partition coefficient (Wildman–Crippen LogP) is 3.14. The van der Waals surface area contributed by atoms with E-state index < -0.39 is 17.7 Å². The highest BCUT2D eigenvalue weighted by Gasteiger charge is 2.34. The zero-order valence-corrected chi connectivity index (χ0v) is 12.6. The van der Waals surface area contributed by atoms with Gasteiger partial charge in [0, 0.05) is 18.5 Å². The summed E-state index contributed by atoms with van der Waals surface area (Å²) < 4.78 is 32.4. The van der Waals surface area contributed by atoms with Crippen LogP contribution in [0.15, 0.2) is 28.8 Å². The summed E-state index contributed by atoms with van der Waals surface area (Å²) in [4.78, 5) is 6.30. The summed E-state index contributed by atoms with van der Waals surface area (Å²) in [5.74, 6) is 0.303. The van der Waals surface area contributed by atoms with Crippen molar-refractivity contribution in [2.75, 3.05) is 6.54 Å². The number of halogens is 2. The van der Waals surface area contributed by atoms with Crippen LogP contribution in [0.5, 0.6) is 0 Å². The Hall–Kier alpha value is -1.79. The maximum absolute atomic E-state index is 13.5. The number of hydrogen-bond donors (Lipinski definition) is 1. The molecule has 0 radical (unpaired) electrons. The second-order valence-corrected chi connectivity index (χ2v) is 6.44. The maximum atomic E-state index is 13.5. The van der Waals surface area contributed by atoms with Crippen LogP contribution in [-0.4, -0.2) is 27.6 Å². The van der Waals surface area contributed by atoms with E-state index in [9.17, 15) is 13.9 Å². The van der Waals surface area contributed by atoms with E-state index >= 15 is 0 Å².